The Morgan fingerprint density at radius 1 is 1.12 bits per heavy atom. The molecule has 0 atom stereocenters. The van der Waals surface area contributed by atoms with Crippen LogP contribution in [0.15, 0.2) is 54.6 Å². The summed E-state index contributed by atoms with van der Waals surface area (Å²) in [6.45, 7) is 0.489. The Morgan fingerprint density at radius 2 is 1.79 bits per heavy atom. The van der Waals surface area contributed by atoms with E-state index in [1.807, 2.05) is 36.4 Å². The summed E-state index contributed by atoms with van der Waals surface area (Å²) < 4.78 is 38.7. The van der Waals surface area contributed by atoms with Crippen molar-refractivity contribution < 1.29 is 27.5 Å². The molecule has 2 amide bonds. The average molecular weight is 488 g/mol. The summed E-state index contributed by atoms with van der Waals surface area (Å²) in [5.74, 6) is 0.287. The minimum atomic E-state index is -3.96. The maximum absolute atomic E-state index is 12.9. The number of carbonyl (C=O) groups excluding carboxylic acids is 2. The molecule has 2 aliphatic rings. The normalized spacial score (nSPS) is 22.8. The Bertz CT molecular complexity index is 1130. The van der Waals surface area contributed by atoms with Gasteiger partial charge in [0, 0.05) is 18.0 Å². The Morgan fingerprint density at radius 3 is 2.44 bits per heavy atom. The summed E-state index contributed by atoms with van der Waals surface area (Å²) in [5.41, 5.74) is 1.22. The van der Waals surface area contributed by atoms with Crippen molar-refractivity contribution in [3.63, 3.8) is 0 Å². The van der Waals surface area contributed by atoms with Gasteiger partial charge in [-0.1, -0.05) is 42.5 Å². The number of methoxy groups -OCH3 is 1. The standard InChI is InChI=1S/C24H29N3O6S/c1-32-21-10-6-5-9-20(21)22(28)25-17-24(18-7-3-2-4-8-18)13-11-19(12-14-24)26-34(30,31)27-15-16-33-23(27)29/h2-10,19,26H,11-17H2,1H3,(H,25,28)/t19-,24-. The molecule has 1 saturated carbocycles. The van der Waals surface area contributed by atoms with Crippen LogP contribution in [0.1, 0.15) is 41.6 Å². The molecular weight excluding hydrogens is 458 g/mol. The lowest BCUT2D eigenvalue weighted by Gasteiger charge is -2.41. The number of hydrogen-bond donors (Lipinski definition) is 2. The van der Waals surface area contributed by atoms with Crippen molar-refractivity contribution in [3.05, 3.63) is 65.7 Å². The van der Waals surface area contributed by atoms with Crippen LogP contribution in [-0.4, -0.2) is 57.6 Å². The molecule has 34 heavy (non-hydrogen) atoms. The number of nitrogens with zero attached hydrogens (tertiary/aromatic N) is 1. The lowest BCUT2D eigenvalue weighted by atomic mass is 9.68. The van der Waals surface area contributed by atoms with E-state index in [0.29, 0.717) is 43.5 Å². The number of amides is 2. The third-order valence-electron chi connectivity index (χ3n) is 6.60. The highest BCUT2D eigenvalue weighted by Gasteiger charge is 2.40. The Hall–Kier alpha value is -3.11. The molecule has 0 unspecified atom stereocenters. The highest BCUT2D eigenvalue weighted by Crippen LogP contribution is 2.39. The van der Waals surface area contributed by atoms with E-state index < -0.39 is 16.3 Å². The van der Waals surface area contributed by atoms with Crippen LogP contribution >= 0.6 is 0 Å². The van der Waals surface area contributed by atoms with E-state index >= 15 is 0 Å². The fourth-order valence-corrected chi connectivity index (χ4v) is 6.04. The van der Waals surface area contributed by atoms with Crippen LogP contribution in [0.25, 0.3) is 0 Å². The number of ether oxygens (including phenoxy) is 2. The Kier molecular flexibility index (Phi) is 7.08. The van der Waals surface area contributed by atoms with Gasteiger partial charge in [-0.25, -0.2) is 4.79 Å². The first-order chi connectivity index (χ1) is 16.3. The number of para-hydroxylation sites is 1. The third kappa shape index (κ3) is 5.02. The van der Waals surface area contributed by atoms with Gasteiger partial charge < -0.3 is 14.8 Å². The van der Waals surface area contributed by atoms with E-state index in [4.69, 9.17) is 9.47 Å². The molecule has 4 rings (SSSR count). The van der Waals surface area contributed by atoms with Crippen molar-refractivity contribution in [1.29, 1.82) is 0 Å². The average Bonchev–Trinajstić information content (AvgIpc) is 3.31. The molecule has 0 aromatic heterocycles. The van der Waals surface area contributed by atoms with Crippen LogP contribution in [-0.2, 0) is 20.4 Å². The van der Waals surface area contributed by atoms with Gasteiger partial charge in [0.25, 0.3) is 5.91 Å². The number of nitrogens with one attached hydrogen (secondary N) is 2. The van der Waals surface area contributed by atoms with Crippen LogP contribution in [0.4, 0.5) is 4.79 Å². The minimum absolute atomic E-state index is 0.0177. The van der Waals surface area contributed by atoms with E-state index in [1.165, 1.54) is 7.11 Å². The number of benzene rings is 2. The molecule has 1 aliphatic carbocycles. The number of rotatable bonds is 8. The van der Waals surface area contributed by atoms with Crippen molar-refractivity contribution in [2.24, 2.45) is 0 Å². The lowest BCUT2D eigenvalue weighted by molar-refractivity contribution is 0.0932. The molecular formula is C24H29N3O6S. The fraction of sp³-hybridized carbons (Fsp3) is 0.417. The molecule has 0 spiro atoms. The minimum Gasteiger partial charge on any atom is -0.496 e. The van der Waals surface area contributed by atoms with Gasteiger partial charge in [0.15, 0.2) is 0 Å². The van der Waals surface area contributed by atoms with Gasteiger partial charge in [-0.2, -0.15) is 17.4 Å². The summed E-state index contributed by atoms with van der Waals surface area (Å²) >= 11 is 0. The molecule has 1 heterocycles. The molecule has 1 aliphatic heterocycles. The fourth-order valence-electron chi connectivity index (χ4n) is 4.70. The third-order valence-corrected chi connectivity index (χ3v) is 8.14. The highest BCUT2D eigenvalue weighted by molar-refractivity contribution is 7.87. The predicted octanol–water partition coefficient (Wildman–Crippen LogP) is 2.59. The number of cyclic esters (lactones) is 1. The zero-order chi connectivity index (χ0) is 24.2. The monoisotopic (exact) mass is 487 g/mol. The van der Waals surface area contributed by atoms with Gasteiger partial charge in [0.05, 0.1) is 19.2 Å². The second kappa shape index (κ2) is 10.0. The van der Waals surface area contributed by atoms with E-state index in [9.17, 15) is 18.0 Å². The summed E-state index contributed by atoms with van der Waals surface area (Å²) in [6.07, 6.45) is 1.63. The van der Waals surface area contributed by atoms with Crippen LogP contribution in [0.3, 0.4) is 0 Å². The van der Waals surface area contributed by atoms with Gasteiger partial charge in [0.2, 0.25) is 0 Å². The molecule has 2 aromatic rings. The van der Waals surface area contributed by atoms with Gasteiger partial charge in [0.1, 0.15) is 12.4 Å². The second-order valence-electron chi connectivity index (χ2n) is 8.61. The number of carbonyl (C=O) groups is 2. The summed E-state index contributed by atoms with van der Waals surface area (Å²) in [4.78, 5) is 24.6. The predicted molar refractivity (Wildman–Crippen MR) is 126 cm³/mol. The quantitative estimate of drug-likeness (QED) is 0.592. The molecule has 0 radical (unpaired) electrons. The second-order valence-corrected chi connectivity index (χ2v) is 10.2. The van der Waals surface area contributed by atoms with Crippen molar-refractivity contribution in [1.82, 2.24) is 14.3 Å². The van der Waals surface area contributed by atoms with E-state index in [-0.39, 0.29) is 30.5 Å². The molecule has 9 nitrogen and oxygen atoms in total. The zero-order valence-electron chi connectivity index (χ0n) is 19.0. The molecule has 2 aromatic carbocycles. The molecule has 2 N–H and O–H groups in total. The SMILES string of the molecule is COc1ccccc1C(=O)NC[C@]1(c2ccccc2)CC[C@H](NS(=O)(=O)N2CCOC2=O)CC1. The van der Waals surface area contributed by atoms with E-state index in [0.717, 1.165) is 9.87 Å². The van der Waals surface area contributed by atoms with Crippen LogP contribution in [0, 0.1) is 0 Å². The first-order valence-corrected chi connectivity index (χ1v) is 12.7. The summed E-state index contributed by atoms with van der Waals surface area (Å²) in [5, 5.41) is 3.07. The van der Waals surface area contributed by atoms with Gasteiger partial charge in [-0.15, -0.1) is 0 Å². The lowest BCUT2D eigenvalue weighted by Crippen LogP contribution is -2.50. The molecule has 1 saturated heterocycles. The smallest absolute Gasteiger partial charge is 0.424 e. The van der Waals surface area contributed by atoms with Crippen molar-refractivity contribution in [2.45, 2.75) is 37.1 Å². The number of hydrogen-bond acceptors (Lipinski definition) is 6. The topological polar surface area (TPSA) is 114 Å². The van der Waals surface area contributed by atoms with Gasteiger partial charge in [-0.05, 0) is 43.4 Å². The molecule has 182 valence electrons. The van der Waals surface area contributed by atoms with Crippen molar-refractivity contribution in [3.8, 4) is 5.75 Å². The van der Waals surface area contributed by atoms with Crippen LogP contribution < -0.4 is 14.8 Å². The molecule has 2 fully saturated rings. The van der Waals surface area contributed by atoms with E-state index in [1.54, 1.807) is 18.2 Å². The summed E-state index contributed by atoms with van der Waals surface area (Å²) in [6, 6.07) is 16.7. The zero-order valence-corrected chi connectivity index (χ0v) is 19.8. The Labute approximate surface area is 199 Å². The van der Waals surface area contributed by atoms with Gasteiger partial charge >= 0.3 is 16.3 Å². The first-order valence-electron chi connectivity index (χ1n) is 11.3. The van der Waals surface area contributed by atoms with Crippen LogP contribution in [0.5, 0.6) is 5.75 Å². The molecule has 0 bridgehead atoms. The molecule has 10 heteroatoms. The first kappa shape index (κ1) is 24.0. The summed E-state index contributed by atoms with van der Waals surface area (Å²) in [7, 11) is -2.43. The van der Waals surface area contributed by atoms with Gasteiger partial charge in [-0.3, -0.25) is 4.79 Å². The van der Waals surface area contributed by atoms with Crippen LogP contribution in [0.2, 0.25) is 0 Å². The van der Waals surface area contributed by atoms with E-state index in [2.05, 4.69) is 10.0 Å². The van der Waals surface area contributed by atoms with Crippen molar-refractivity contribution in [2.75, 3.05) is 26.8 Å². The Balaban J connectivity index is 1.46. The maximum atomic E-state index is 12.9. The largest absolute Gasteiger partial charge is 0.496 e. The maximum Gasteiger partial charge on any atom is 0.424 e. The van der Waals surface area contributed by atoms with Crippen molar-refractivity contribution >= 4 is 22.2 Å². The highest BCUT2D eigenvalue weighted by atomic mass is 32.2.